The van der Waals surface area contributed by atoms with E-state index in [0.717, 1.165) is 23.1 Å². The van der Waals surface area contributed by atoms with Crippen LogP contribution in [-0.4, -0.2) is 21.9 Å². The zero-order chi connectivity index (χ0) is 13.1. The number of aromatic nitrogens is 3. The Morgan fingerprint density at radius 1 is 1.28 bits per heavy atom. The number of aryl methyl sites for hydroxylation is 2. The van der Waals surface area contributed by atoms with Crippen LogP contribution in [0.1, 0.15) is 17.2 Å². The van der Waals surface area contributed by atoms with Crippen LogP contribution in [0.15, 0.2) is 18.2 Å². The second kappa shape index (κ2) is 5.08. The van der Waals surface area contributed by atoms with Gasteiger partial charge in [-0.1, -0.05) is 6.07 Å². The van der Waals surface area contributed by atoms with Crippen LogP contribution in [0.3, 0.4) is 0 Å². The predicted octanol–water partition coefficient (Wildman–Crippen LogP) is 2.05. The molecule has 0 bridgehead atoms. The summed E-state index contributed by atoms with van der Waals surface area (Å²) in [6, 6.07) is 6.04. The molecule has 0 saturated heterocycles. The van der Waals surface area contributed by atoms with Crippen LogP contribution in [0.25, 0.3) is 0 Å². The van der Waals surface area contributed by atoms with Gasteiger partial charge in [-0.05, 0) is 31.5 Å². The molecular formula is C13H18N4O. The Morgan fingerprint density at radius 3 is 2.67 bits per heavy atom. The second-order valence-corrected chi connectivity index (χ2v) is 4.28. The minimum Gasteiger partial charge on any atom is -0.495 e. The highest BCUT2D eigenvalue weighted by atomic mass is 16.5. The maximum Gasteiger partial charge on any atom is 0.152 e. The second-order valence-electron chi connectivity index (χ2n) is 4.28. The third kappa shape index (κ3) is 2.45. The van der Waals surface area contributed by atoms with Crippen LogP contribution in [-0.2, 0) is 13.6 Å². The lowest BCUT2D eigenvalue weighted by molar-refractivity contribution is 0.416. The van der Waals surface area contributed by atoms with Crippen molar-refractivity contribution in [2.24, 2.45) is 7.05 Å². The fraction of sp³-hybridized carbons (Fsp3) is 0.385. The molecule has 96 valence electrons. The average Bonchev–Trinajstić information content (AvgIpc) is 2.68. The van der Waals surface area contributed by atoms with Gasteiger partial charge in [-0.25, -0.2) is 0 Å². The Kier molecular flexibility index (Phi) is 3.50. The fourth-order valence-electron chi connectivity index (χ4n) is 1.74. The first-order valence-corrected chi connectivity index (χ1v) is 5.85. The van der Waals surface area contributed by atoms with Gasteiger partial charge < -0.3 is 14.6 Å². The molecule has 0 radical (unpaired) electrons. The summed E-state index contributed by atoms with van der Waals surface area (Å²) in [4.78, 5) is 0. The topological polar surface area (TPSA) is 52.0 Å². The fourth-order valence-corrected chi connectivity index (χ4v) is 1.74. The molecule has 1 N–H and O–H groups in total. The Labute approximate surface area is 107 Å². The molecule has 1 aromatic carbocycles. The molecule has 0 spiro atoms. The van der Waals surface area contributed by atoms with Gasteiger partial charge in [0.15, 0.2) is 5.82 Å². The first-order valence-electron chi connectivity index (χ1n) is 5.85. The quantitative estimate of drug-likeness (QED) is 0.897. The van der Waals surface area contributed by atoms with Crippen molar-refractivity contribution < 1.29 is 4.74 Å². The van der Waals surface area contributed by atoms with Crippen LogP contribution < -0.4 is 10.1 Å². The molecule has 0 fully saturated rings. The van der Waals surface area contributed by atoms with Crippen molar-refractivity contribution in [1.82, 2.24) is 14.8 Å². The van der Waals surface area contributed by atoms with E-state index in [1.807, 2.05) is 30.7 Å². The SMILES string of the molecule is COc1ccc(C)cc1NCc1nnc(C)n1C. The zero-order valence-electron chi connectivity index (χ0n) is 11.2. The molecule has 18 heavy (non-hydrogen) atoms. The van der Waals surface area contributed by atoms with E-state index in [4.69, 9.17) is 4.74 Å². The smallest absolute Gasteiger partial charge is 0.152 e. The Bertz CT molecular complexity index is 548. The van der Waals surface area contributed by atoms with Gasteiger partial charge in [0.05, 0.1) is 19.3 Å². The van der Waals surface area contributed by atoms with Crippen LogP contribution in [0, 0.1) is 13.8 Å². The molecule has 0 aliphatic rings. The average molecular weight is 246 g/mol. The van der Waals surface area contributed by atoms with E-state index in [-0.39, 0.29) is 0 Å². The van der Waals surface area contributed by atoms with E-state index in [9.17, 15) is 0 Å². The summed E-state index contributed by atoms with van der Waals surface area (Å²) in [5.74, 6) is 2.64. The van der Waals surface area contributed by atoms with E-state index < -0.39 is 0 Å². The Balaban J connectivity index is 2.15. The Morgan fingerprint density at radius 2 is 2.06 bits per heavy atom. The van der Waals surface area contributed by atoms with Crippen molar-refractivity contribution in [1.29, 1.82) is 0 Å². The highest BCUT2D eigenvalue weighted by Gasteiger charge is 2.07. The molecule has 0 aliphatic carbocycles. The van der Waals surface area contributed by atoms with Crippen LogP contribution >= 0.6 is 0 Å². The van der Waals surface area contributed by atoms with Gasteiger partial charge in [0, 0.05) is 7.05 Å². The number of benzene rings is 1. The molecule has 5 nitrogen and oxygen atoms in total. The van der Waals surface area contributed by atoms with Gasteiger partial charge in [-0.3, -0.25) is 0 Å². The summed E-state index contributed by atoms with van der Waals surface area (Å²) in [6.07, 6.45) is 0. The zero-order valence-corrected chi connectivity index (χ0v) is 11.2. The lowest BCUT2D eigenvalue weighted by atomic mass is 10.2. The van der Waals surface area contributed by atoms with Crippen molar-refractivity contribution >= 4 is 5.69 Å². The minimum absolute atomic E-state index is 0.622. The van der Waals surface area contributed by atoms with E-state index in [1.165, 1.54) is 5.56 Å². The number of ether oxygens (including phenoxy) is 1. The van der Waals surface area contributed by atoms with Crippen molar-refractivity contribution in [3.63, 3.8) is 0 Å². The van der Waals surface area contributed by atoms with E-state index >= 15 is 0 Å². The number of hydrogen-bond acceptors (Lipinski definition) is 4. The van der Waals surface area contributed by atoms with Gasteiger partial charge in [-0.15, -0.1) is 10.2 Å². The van der Waals surface area contributed by atoms with Crippen LogP contribution in [0.5, 0.6) is 5.75 Å². The first kappa shape index (κ1) is 12.4. The summed E-state index contributed by atoms with van der Waals surface area (Å²) >= 11 is 0. The molecule has 0 atom stereocenters. The van der Waals surface area contributed by atoms with Crippen LogP contribution in [0.4, 0.5) is 5.69 Å². The van der Waals surface area contributed by atoms with Gasteiger partial charge in [0.1, 0.15) is 11.6 Å². The lowest BCUT2D eigenvalue weighted by Gasteiger charge is -2.11. The molecule has 0 aliphatic heterocycles. The maximum absolute atomic E-state index is 5.32. The number of nitrogens with zero attached hydrogens (tertiary/aromatic N) is 3. The number of methoxy groups -OCH3 is 1. The third-order valence-corrected chi connectivity index (χ3v) is 2.97. The first-order chi connectivity index (χ1) is 8.61. The molecule has 0 amide bonds. The monoisotopic (exact) mass is 246 g/mol. The number of nitrogens with one attached hydrogen (secondary N) is 1. The summed E-state index contributed by atoms with van der Waals surface area (Å²) in [5.41, 5.74) is 2.16. The van der Waals surface area contributed by atoms with Crippen molar-refractivity contribution in [3.8, 4) is 5.75 Å². The molecule has 1 heterocycles. The molecule has 2 aromatic rings. The van der Waals surface area contributed by atoms with E-state index in [1.54, 1.807) is 7.11 Å². The normalized spacial score (nSPS) is 10.4. The summed E-state index contributed by atoms with van der Waals surface area (Å²) in [7, 11) is 3.63. The highest BCUT2D eigenvalue weighted by Crippen LogP contribution is 2.25. The third-order valence-electron chi connectivity index (χ3n) is 2.97. The van der Waals surface area contributed by atoms with E-state index in [2.05, 4.69) is 28.5 Å². The largest absolute Gasteiger partial charge is 0.495 e. The summed E-state index contributed by atoms with van der Waals surface area (Å²) in [5, 5.41) is 11.5. The van der Waals surface area contributed by atoms with Crippen LogP contribution in [0.2, 0.25) is 0 Å². The van der Waals surface area contributed by atoms with Gasteiger partial charge in [0.25, 0.3) is 0 Å². The standard InChI is InChI=1S/C13H18N4O/c1-9-5-6-12(18-4)11(7-9)14-8-13-16-15-10(2)17(13)3/h5-7,14H,8H2,1-4H3. The van der Waals surface area contributed by atoms with Crippen molar-refractivity contribution in [3.05, 3.63) is 35.4 Å². The number of anilines is 1. The van der Waals surface area contributed by atoms with Gasteiger partial charge in [0.2, 0.25) is 0 Å². The molecule has 0 saturated carbocycles. The molecule has 2 rings (SSSR count). The molecule has 1 aromatic heterocycles. The number of rotatable bonds is 4. The molecule has 0 unspecified atom stereocenters. The summed E-state index contributed by atoms with van der Waals surface area (Å²) in [6.45, 7) is 4.61. The summed E-state index contributed by atoms with van der Waals surface area (Å²) < 4.78 is 7.29. The van der Waals surface area contributed by atoms with Crippen molar-refractivity contribution in [2.45, 2.75) is 20.4 Å². The minimum atomic E-state index is 0.622. The molecule has 5 heteroatoms. The highest BCUT2D eigenvalue weighted by molar-refractivity contribution is 5.57. The van der Waals surface area contributed by atoms with Crippen molar-refractivity contribution in [2.75, 3.05) is 12.4 Å². The lowest BCUT2D eigenvalue weighted by Crippen LogP contribution is -2.07. The number of hydrogen-bond donors (Lipinski definition) is 1. The Hall–Kier alpha value is -2.04. The van der Waals surface area contributed by atoms with Gasteiger partial charge in [-0.2, -0.15) is 0 Å². The molecular weight excluding hydrogens is 228 g/mol. The predicted molar refractivity (Wildman–Crippen MR) is 70.8 cm³/mol. The maximum atomic E-state index is 5.32. The van der Waals surface area contributed by atoms with E-state index in [0.29, 0.717) is 6.54 Å². The van der Waals surface area contributed by atoms with Gasteiger partial charge >= 0.3 is 0 Å².